The van der Waals surface area contributed by atoms with E-state index in [1.54, 1.807) is 7.11 Å². The van der Waals surface area contributed by atoms with E-state index in [0.717, 1.165) is 17.1 Å². The minimum atomic E-state index is 0.594. The number of nitrogens with zero attached hydrogens (tertiary/aromatic N) is 1. The van der Waals surface area contributed by atoms with E-state index < -0.39 is 0 Å². The number of nitrogen functional groups attached to an aromatic ring is 1. The molecule has 20 heavy (non-hydrogen) atoms. The monoisotopic (exact) mass is 272 g/mol. The van der Waals surface area contributed by atoms with Crippen molar-refractivity contribution >= 4 is 17.1 Å². The smallest absolute Gasteiger partial charge is 0.144 e. The van der Waals surface area contributed by atoms with Crippen molar-refractivity contribution in [2.45, 2.75) is 6.92 Å². The maximum atomic E-state index is 5.90. The lowest BCUT2D eigenvalue weighted by Crippen LogP contribution is -2.10. The van der Waals surface area contributed by atoms with Crippen molar-refractivity contribution in [2.75, 3.05) is 31.4 Å². The molecule has 0 unspecified atom stereocenters. The third kappa shape index (κ3) is 2.96. The summed E-state index contributed by atoms with van der Waals surface area (Å²) in [6.45, 7) is 2.54. The molecule has 0 aliphatic carbocycles. The van der Waals surface area contributed by atoms with E-state index in [9.17, 15) is 0 Å². The fraction of sp³-hybridized carbons (Fsp3) is 0.250. The number of rotatable bonds is 5. The summed E-state index contributed by atoms with van der Waals surface area (Å²) in [6.07, 6.45) is 0. The summed E-state index contributed by atoms with van der Waals surface area (Å²) in [5, 5.41) is 0. The molecule has 0 atom stereocenters. The molecule has 106 valence electrons. The fourth-order valence-corrected chi connectivity index (χ4v) is 1.98. The second-order valence-corrected chi connectivity index (χ2v) is 4.42. The molecule has 4 heteroatoms. The van der Waals surface area contributed by atoms with Gasteiger partial charge in [0.2, 0.25) is 0 Å². The van der Waals surface area contributed by atoms with Crippen LogP contribution in [-0.2, 0) is 0 Å². The first-order valence-corrected chi connectivity index (χ1v) is 6.55. The lowest BCUT2D eigenvalue weighted by molar-refractivity contribution is 0.342. The van der Waals surface area contributed by atoms with Gasteiger partial charge in [-0.05, 0) is 31.2 Å². The summed E-state index contributed by atoms with van der Waals surface area (Å²) in [6, 6.07) is 13.7. The molecule has 0 radical (unpaired) electrons. The Bertz CT molecular complexity index is 584. The summed E-state index contributed by atoms with van der Waals surface area (Å²) in [7, 11) is 3.66. The van der Waals surface area contributed by atoms with Crippen LogP contribution in [0.3, 0.4) is 0 Å². The van der Waals surface area contributed by atoms with Crippen LogP contribution in [-0.4, -0.2) is 20.8 Å². The molecule has 2 rings (SSSR count). The van der Waals surface area contributed by atoms with Crippen molar-refractivity contribution in [3.63, 3.8) is 0 Å². The minimum absolute atomic E-state index is 0.594. The molecule has 0 heterocycles. The molecule has 0 aliphatic rings. The van der Waals surface area contributed by atoms with Crippen LogP contribution in [0.4, 0.5) is 17.1 Å². The highest BCUT2D eigenvalue weighted by molar-refractivity contribution is 5.69. The predicted octanol–water partition coefficient (Wildman–Crippen LogP) is 3.44. The van der Waals surface area contributed by atoms with Crippen molar-refractivity contribution in [1.82, 2.24) is 0 Å². The molecule has 0 aromatic heterocycles. The highest BCUT2D eigenvalue weighted by Crippen LogP contribution is 2.32. The van der Waals surface area contributed by atoms with Gasteiger partial charge in [0, 0.05) is 30.6 Å². The first-order valence-electron chi connectivity index (χ1n) is 6.55. The van der Waals surface area contributed by atoms with Crippen LogP contribution in [0.2, 0.25) is 0 Å². The first kappa shape index (κ1) is 14.1. The van der Waals surface area contributed by atoms with Crippen molar-refractivity contribution in [3.8, 4) is 11.5 Å². The summed E-state index contributed by atoms with van der Waals surface area (Å²) in [5.74, 6) is 1.54. The van der Waals surface area contributed by atoms with Gasteiger partial charge in [0.15, 0.2) is 0 Å². The summed E-state index contributed by atoms with van der Waals surface area (Å²) >= 11 is 0. The number of nitrogens with two attached hydrogens (primary N) is 1. The molecule has 4 nitrogen and oxygen atoms in total. The lowest BCUT2D eigenvalue weighted by atomic mass is 10.2. The summed E-state index contributed by atoms with van der Waals surface area (Å²) in [5.41, 5.74) is 8.59. The number of benzene rings is 2. The third-order valence-electron chi connectivity index (χ3n) is 3.12. The van der Waals surface area contributed by atoms with Crippen LogP contribution < -0.4 is 20.1 Å². The maximum Gasteiger partial charge on any atom is 0.144 e. The van der Waals surface area contributed by atoms with Crippen LogP contribution in [0.25, 0.3) is 0 Å². The third-order valence-corrected chi connectivity index (χ3v) is 3.12. The largest absolute Gasteiger partial charge is 0.497 e. The Morgan fingerprint density at radius 2 is 1.85 bits per heavy atom. The Kier molecular flexibility index (Phi) is 4.35. The van der Waals surface area contributed by atoms with Gasteiger partial charge in [-0.25, -0.2) is 0 Å². The molecule has 0 saturated carbocycles. The van der Waals surface area contributed by atoms with E-state index in [0.29, 0.717) is 18.0 Å². The number of ether oxygens (including phenoxy) is 2. The van der Waals surface area contributed by atoms with Crippen molar-refractivity contribution in [3.05, 3.63) is 42.5 Å². The van der Waals surface area contributed by atoms with Crippen LogP contribution in [0, 0.1) is 0 Å². The molecule has 2 N–H and O–H groups in total. The summed E-state index contributed by atoms with van der Waals surface area (Å²) in [4.78, 5) is 2.06. The zero-order valence-electron chi connectivity index (χ0n) is 12.1. The zero-order valence-corrected chi connectivity index (χ0v) is 12.1. The molecule has 2 aromatic carbocycles. The molecule has 0 fully saturated rings. The first-order chi connectivity index (χ1) is 9.65. The topological polar surface area (TPSA) is 47.7 Å². The predicted molar refractivity (Wildman–Crippen MR) is 83.1 cm³/mol. The normalized spacial score (nSPS) is 10.2. The molecular weight excluding hydrogens is 252 g/mol. The van der Waals surface area contributed by atoms with Gasteiger partial charge in [-0.15, -0.1) is 0 Å². The van der Waals surface area contributed by atoms with Gasteiger partial charge in [-0.3, -0.25) is 0 Å². The quantitative estimate of drug-likeness (QED) is 0.847. The van der Waals surface area contributed by atoms with Gasteiger partial charge < -0.3 is 20.1 Å². The standard InChI is InChI=1S/C16H20N2O2/c1-4-20-16-11-13(8-9-15(16)17)18(2)12-6-5-7-14(10-12)19-3/h5-11H,4,17H2,1-3H3. The molecule has 0 amide bonds. The van der Waals surface area contributed by atoms with Gasteiger partial charge in [0.25, 0.3) is 0 Å². The molecule has 0 saturated heterocycles. The zero-order chi connectivity index (χ0) is 14.5. The van der Waals surface area contributed by atoms with E-state index in [1.807, 2.05) is 56.4 Å². The van der Waals surface area contributed by atoms with Crippen molar-refractivity contribution < 1.29 is 9.47 Å². The number of hydrogen-bond donors (Lipinski definition) is 1. The van der Waals surface area contributed by atoms with E-state index in [4.69, 9.17) is 15.2 Å². The fourth-order valence-electron chi connectivity index (χ4n) is 1.98. The van der Waals surface area contributed by atoms with E-state index >= 15 is 0 Å². The second kappa shape index (κ2) is 6.19. The van der Waals surface area contributed by atoms with E-state index in [1.165, 1.54) is 0 Å². The highest BCUT2D eigenvalue weighted by atomic mass is 16.5. The maximum absolute atomic E-state index is 5.90. The van der Waals surface area contributed by atoms with E-state index in [-0.39, 0.29) is 0 Å². The van der Waals surface area contributed by atoms with Crippen molar-refractivity contribution in [1.29, 1.82) is 0 Å². The van der Waals surface area contributed by atoms with E-state index in [2.05, 4.69) is 4.90 Å². The minimum Gasteiger partial charge on any atom is -0.497 e. The lowest BCUT2D eigenvalue weighted by Gasteiger charge is -2.21. The Morgan fingerprint density at radius 1 is 1.10 bits per heavy atom. The van der Waals surface area contributed by atoms with Crippen LogP contribution in [0.5, 0.6) is 11.5 Å². The Morgan fingerprint density at radius 3 is 2.55 bits per heavy atom. The van der Waals surface area contributed by atoms with Gasteiger partial charge in [0.05, 0.1) is 19.4 Å². The number of hydrogen-bond acceptors (Lipinski definition) is 4. The summed E-state index contributed by atoms with van der Waals surface area (Å²) < 4.78 is 10.8. The highest BCUT2D eigenvalue weighted by Gasteiger charge is 2.08. The van der Waals surface area contributed by atoms with Crippen LogP contribution >= 0.6 is 0 Å². The Balaban J connectivity index is 2.32. The Labute approximate surface area is 119 Å². The van der Waals surface area contributed by atoms with Gasteiger partial charge in [-0.1, -0.05) is 6.07 Å². The average molecular weight is 272 g/mol. The molecule has 0 bridgehead atoms. The van der Waals surface area contributed by atoms with Crippen LogP contribution in [0.1, 0.15) is 6.92 Å². The number of anilines is 3. The SMILES string of the molecule is CCOc1cc(N(C)c2cccc(OC)c2)ccc1N. The van der Waals surface area contributed by atoms with Crippen LogP contribution in [0.15, 0.2) is 42.5 Å². The number of methoxy groups -OCH3 is 1. The molecule has 0 spiro atoms. The molecule has 2 aromatic rings. The molecular formula is C16H20N2O2. The van der Waals surface area contributed by atoms with Gasteiger partial charge in [0.1, 0.15) is 11.5 Å². The Hall–Kier alpha value is -2.36. The second-order valence-electron chi connectivity index (χ2n) is 4.42. The van der Waals surface area contributed by atoms with Gasteiger partial charge >= 0.3 is 0 Å². The van der Waals surface area contributed by atoms with Gasteiger partial charge in [-0.2, -0.15) is 0 Å². The molecule has 0 aliphatic heterocycles. The van der Waals surface area contributed by atoms with Crippen molar-refractivity contribution in [2.24, 2.45) is 0 Å². The average Bonchev–Trinajstić information content (AvgIpc) is 2.49.